The van der Waals surface area contributed by atoms with E-state index in [1.165, 1.54) is 17.5 Å². The second-order valence-electron chi connectivity index (χ2n) is 3.88. The lowest BCUT2D eigenvalue weighted by atomic mass is 10.4. The normalized spacial score (nSPS) is 11.4. The fourth-order valence-electron chi connectivity index (χ4n) is 1.48. The first-order valence-corrected chi connectivity index (χ1v) is 8.19. The highest BCUT2D eigenvalue weighted by Crippen LogP contribution is 2.21. The summed E-state index contributed by atoms with van der Waals surface area (Å²) in [6.07, 6.45) is 3.07. The number of hydrogen-bond donors (Lipinski definition) is 2. The number of hydrogen-bond acceptors (Lipinski definition) is 5. The van der Waals surface area contributed by atoms with E-state index in [9.17, 15) is 8.42 Å². The second kappa shape index (κ2) is 6.14. The van der Waals surface area contributed by atoms with Gasteiger partial charge in [0.15, 0.2) is 0 Å². The van der Waals surface area contributed by atoms with Gasteiger partial charge in [0.25, 0.3) is 10.0 Å². The number of anilines is 1. The number of pyridine rings is 1. The van der Waals surface area contributed by atoms with Gasteiger partial charge in [0.1, 0.15) is 0 Å². The molecule has 0 unspecified atom stereocenters. The standard InChI is InChI=1S/C12H15N3O2S2/c1-2-13-8-11-6-12(9-18-11)19(16,17)15-10-4-3-5-14-7-10/h3-7,9,13,15H,2,8H2,1H3. The Labute approximate surface area is 116 Å². The summed E-state index contributed by atoms with van der Waals surface area (Å²) in [6, 6.07) is 5.03. The van der Waals surface area contributed by atoms with E-state index in [1.54, 1.807) is 29.8 Å². The summed E-state index contributed by atoms with van der Waals surface area (Å²) >= 11 is 1.43. The quantitative estimate of drug-likeness (QED) is 0.856. The van der Waals surface area contributed by atoms with E-state index in [1.807, 2.05) is 6.92 Å². The number of sulfonamides is 1. The molecule has 0 fully saturated rings. The maximum Gasteiger partial charge on any atom is 0.262 e. The molecule has 2 rings (SSSR count). The van der Waals surface area contributed by atoms with Crippen LogP contribution in [0.25, 0.3) is 0 Å². The van der Waals surface area contributed by atoms with Gasteiger partial charge in [-0.3, -0.25) is 9.71 Å². The van der Waals surface area contributed by atoms with Crippen molar-refractivity contribution in [3.63, 3.8) is 0 Å². The van der Waals surface area contributed by atoms with E-state index in [2.05, 4.69) is 15.0 Å². The molecule has 2 aromatic rings. The van der Waals surface area contributed by atoms with Gasteiger partial charge in [0.2, 0.25) is 0 Å². The first-order valence-electron chi connectivity index (χ1n) is 5.83. The van der Waals surface area contributed by atoms with Gasteiger partial charge in [0.05, 0.1) is 16.8 Å². The zero-order chi connectivity index (χ0) is 13.7. The minimum absolute atomic E-state index is 0.286. The molecule has 0 spiro atoms. The lowest BCUT2D eigenvalue weighted by molar-refractivity contribution is 0.601. The van der Waals surface area contributed by atoms with E-state index in [0.717, 1.165) is 11.4 Å². The highest BCUT2D eigenvalue weighted by atomic mass is 32.2. The summed E-state index contributed by atoms with van der Waals surface area (Å²) in [5.41, 5.74) is 0.460. The van der Waals surface area contributed by atoms with Gasteiger partial charge in [-0.2, -0.15) is 0 Å². The number of aromatic nitrogens is 1. The Kier molecular flexibility index (Phi) is 4.52. The Balaban J connectivity index is 2.13. The average molecular weight is 297 g/mol. The number of nitrogens with one attached hydrogen (secondary N) is 2. The van der Waals surface area contributed by atoms with Crippen molar-refractivity contribution in [2.75, 3.05) is 11.3 Å². The van der Waals surface area contributed by atoms with Gasteiger partial charge in [-0.05, 0) is 24.7 Å². The maximum atomic E-state index is 12.1. The molecule has 0 amide bonds. The molecule has 2 heterocycles. The Morgan fingerprint density at radius 1 is 1.42 bits per heavy atom. The minimum atomic E-state index is -3.52. The Morgan fingerprint density at radius 2 is 2.26 bits per heavy atom. The minimum Gasteiger partial charge on any atom is -0.312 e. The average Bonchev–Trinajstić information content (AvgIpc) is 2.86. The third-order valence-electron chi connectivity index (χ3n) is 2.40. The lowest BCUT2D eigenvalue weighted by Gasteiger charge is -2.05. The van der Waals surface area contributed by atoms with Crippen LogP contribution in [0.15, 0.2) is 40.9 Å². The molecule has 0 saturated heterocycles. The van der Waals surface area contributed by atoms with E-state index in [4.69, 9.17) is 0 Å². The molecular weight excluding hydrogens is 282 g/mol. The van der Waals surface area contributed by atoms with Crippen LogP contribution < -0.4 is 10.0 Å². The van der Waals surface area contributed by atoms with Crippen molar-refractivity contribution in [2.24, 2.45) is 0 Å². The molecule has 0 bridgehead atoms. The van der Waals surface area contributed by atoms with Crippen LogP contribution in [-0.4, -0.2) is 19.9 Å². The van der Waals surface area contributed by atoms with Crippen molar-refractivity contribution in [2.45, 2.75) is 18.4 Å². The third-order valence-corrected chi connectivity index (χ3v) is 4.85. The summed E-state index contributed by atoms with van der Waals surface area (Å²) in [6.45, 7) is 3.55. The molecule has 5 nitrogen and oxygen atoms in total. The molecule has 0 aliphatic carbocycles. The lowest BCUT2D eigenvalue weighted by Crippen LogP contribution is -2.13. The molecule has 102 valence electrons. The molecule has 0 aliphatic heterocycles. The predicted octanol–water partition coefficient (Wildman–Crippen LogP) is 2.05. The van der Waals surface area contributed by atoms with E-state index in [-0.39, 0.29) is 4.90 Å². The van der Waals surface area contributed by atoms with Crippen LogP contribution in [0, 0.1) is 0 Å². The van der Waals surface area contributed by atoms with Crippen LogP contribution in [0.4, 0.5) is 5.69 Å². The van der Waals surface area contributed by atoms with Crippen molar-refractivity contribution in [1.29, 1.82) is 0 Å². The molecule has 0 radical (unpaired) electrons. The van der Waals surface area contributed by atoms with Crippen molar-refractivity contribution in [1.82, 2.24) is 10.3 Å². The highest BCUT2D eigenvalue weighted by molar-refractivity contribution is 7.92. The Hall–Kier alpha value is -1.44. The van der Waals surface area contributed by atoms with E-state index < -0.39 is 10.0 Å². The Bertz CT molecular complexity index is 623. The topological polar surface area (TPSA) is 71.1 Å². The summed E-state index contributed by atoms with van der Waals surface area (Å²) in [5, 5.41) is 4.81. The van der Waals surface area contributed by atoms with Crippen LogP contribution in [-0.2, 0) is 16.6 Å². The molecule has 7 heteroatoms. The van der Waals surface area contributed by atoms with Crippen molar-refractivity contribution in [3.8, 4) is 0 Å². The second-order valence-corrected chi connectivity index (χ2v) is 6.55. The van der Waals surface area contributed by atoms with Crippen LogP contribution in [0.2, 0.25) is 0 Å². The summed E-state index contributed by atoms with van der Waals surface area (Å²) in [5.74, 6) is 0. The van der Waals surface area contributed by atoms with Gasteiger partial charge >= 0.3 is 0 Å². The maximum absolute atomic E-state index is 12.1. The SMILES string of the molecule is CCNCc1cc(S(=O)(=O)Nc2cccnc2)cs1. The molecule has 0 aliphatic rings. The van der Waals surface area contributed by atoms with Crippen LogP contribution in [0.5, 0.6) is 0 Å². The summed E-state index contributed by atoms with van der Waals surface area (Å²) < 4.78 is 26.8. The van der Waals surface area contributed by atoms with E-state index >= 15 is 0 Å². The van der Waals surface area contributed by atoms with Crippen molar-refractivity contribution >= 4 is 27.0 Å². The van der Waals surface area contributed by atoms with Crippen molar-refractivity contribution < 1.29 is 8.42 Å². The van der Waals surface area contributed by atoms with Gasteiger partial charge in [-0.25, -0.2) is 8.42 Å². The predicted molar refractivity (Wildman–Crippen MR) is 76.7 cm³/mol. The molecule has 0 atom stereocenters. The fraction of sp³-hybridized carbons (Fsp3) is 0.250. The smallest absolute Gasteiger partial charge is 0.262 e. The molecule has 0 aromatic carbocycles. The molecular formula is C12H15N3O2S2. The third kappa shape index (κ3) is 3.76. The molecule has 0 saturated carbocycles. The monoisotopic (exact) mass is 297 g/mol. The molecule has 19 heavy (non-hydrogen) atoms. The highest BCUT2D eigenvalue weighted by Gasteiger charge is 2.16. The summed E-state index contributed by atoms with van der Waals surface area (Å²) in [7, 11) is -3.52. The zero-order valence-corrected chi connectivity index (χ0v) is 12.1. The van der Waals surface area contributed by atoms with Gasteiger partial charge in [0, 0.05) is 23.0 Å². The number of rotatable bonds is 6. The first kappa shape index (κ1) is 14.0. The number of nitrogens with zero attached hydrogens (tertiary/aromatic N) is 1. The first-order chi connectivity index (χ1) is 9.12. The largest absolute Gasteiger partial charge is 0.312 e. The zero-order valence-electron chi connectivity index (χ0n) is 10.5. The van der Waals surface area contributed by atoms with Crippen LogP contribution >= 0.6 is 11.3 Å². The molecule has 2 N–H and O–H groups in total. The summed E-state index contributed by atoms with van der Waals surface area (Å²) in [4.78, 5) is 5.15. The van der Waals surface area contributed by atoms with Crippen LogP contribution in [0.1, 0.15) is 11.8 Å². The van der Waals surface area contributed by atoms with Crippen LogP contribution in [0.3, 0.4) is 0 Å². The number of thiophene rings is 1. The van der Waals surface area contributed by atoms with Gasteiger partial charge in [-0.15, -0.1) is 11.3 Å². The fourth-order valence-corrected chi connectivity index (χ4v) is 3.77. The Morgan fingerprint density at radius 3 is 2.95 bits per heavy atom. The molecule has 2 aromatic heterocycles. The van der Waals surface area contributed by atoms with E-state index in [0.29, 0.717) is 12.2 Å². The van der Waals surface area contributed by atoms with Gasteiger partial charge in [-0.1, -0.05) is 6.92 Å². The van der Waals surface area contributed by atoms with Gasteiger partial charge < -0.3 is 5.32 Å². The van der Waals surface area contributed by atoms with Crippen molar-refractivity contribution in [3.05, 3.63) is 40.8 Å².